The number of halogens is 1. The van der Waals surface area contributed by atoms with Crippen LogP contribution in [0.1, 0.15) is 37.7 Å². The number of hydrogen-bond acceptors (Lipinski definition) is 4. The second kappa shape index (κ2) is 6.15. The smallest absolute Gasteiger partial charge is 0.179 e. The highest BCUT2D eigenvalue weighted by Gasteiger charge is 2.34. The second-order valence-electron chi connectivity index (χ2n) is 5.81. The minimum atomic E-state index is -3.41. The van der Waals surface area contributed by atoms with Crippen LogP contribution in [-0.2, 0) is 15.3 Å². The molecule has 1 aliphatic carbocycles. The van der Waals surface area contributed by atoms with Gasteiger partial charge in [-0.05, 0) is 30.5 Å². The molecule has 6 heteroatoms. The van der Waals surface area contributed by atoms with E-state index >= 15 is 0 Å². The summed E-state index contributed by atoms with van der Waals surface area (Å²) in [7, 11) is -1.99. The molecule has 1 aromatic rings. The van der Waals surface area contributed by atoms with Crippen LogP contribution in [0.15, 0.2) is 17.0 Å². The standard InChI is InChI=1S/C15H22ClNO3S/c1-20-14-12(16)8-11(9-13(14)21(2,18)19)15(10-17)6-4-3-5-7-15/h8-9H,3-7,10,17H2,1-2H3. The zero-order valence-corrected chi connectivity index (χ0v) is 14.1. The third-order valence-corrected chi connectivity index (χ3v) is 5.81. The Hall–Kier alpha value is -0.780. The Morgan fingerprint density at radius 1 is 1.29 bits per heavy atom. The quantitative estimate of drug-likeness (QED) is 0.921. The van der Waals surface area contributed by atoms with Crippen molar-refractivity contribution in [2.45, 2.75) is 42.4 Å². The second-order valence-corrected chi connectivity index (χ2v) is 8.20. The Labute approximate surface area is 131 Å². The summed E-state index contributed by atoms with van der Waals surface area (Å²) in [5.74, 6) is 0.214. The van der Waals surface area contributed by atoms with Crippen LogP contribution in [0.5, 0.6) is 5.75 Å². The van der Waals surface area contributed by atoms with E-state index in [1.54, 1.807) is 6.07 Å². The molecule has 4 nitrogen and oxygen atoms in total. The summed E-state index contributed by atoms with van der Waals surface area (Å²) in [4.78, 5) is 0.144. The monoisotopic (exact) mass is 331 g/mol. The first-order valence-electron chi connectivity index (χ1n) is 7.12. The Morgan fingerprint density at radius 3 is 2.38 bits per heavy atom. The van der Waals surface area contributed by atoms with Gasteiger partial charge in [-0.2, -0.15) is 0 Å². The first kappa shape index (κ1) is 16.6. The summed E-state index contributed by atoms with van der Waals surface area (Å²) >= 11 is 6.25. The molecule has 2 rings (SSSR count). The molecule has 2 N–H and O–H groups in total. The highest BCUT2D eigenvalue weighted by Crippen LogP contribution is 2.43. The maximum atomic E-state index is 12.0. The van der Waals surface area contributed by atoms with E-state index in [-0.39, 0.29) is 16.1 Å². The molecule has 1 saturated carbocycles. The fraction of sp³-hybridized carbons (Fsp3) is 0.600. The van der Waals surface area contributed by atoms with Crippen LogP contribution in [0, 0.1) is 0 Å². The lowest BCUT2D eigenvalue weighted by molar-refractivity contribution is 0.299. The van der Waals surface area contributed by atoms with E-state index in [4.69, 9.17) is 22.1 Å². The number of sulfone groups is 1. The SMILES string of the molecule is COc1c(Cl)cc(C2(CN)CCCCC2)cc1S(C)(=O)=O. The number of ether oxygens (including phenoxy) is 1. The predicted molar refractivity (Wildman–Crippen MR) is 84.9 cm³/mol. The molecule has 0 saturated heterocycles. The van der Waals surface area contributed by atoms with Crippen LogP contribution in [0.4, 0.5) is 0 Å². The van der Waals surface area contributed by atoms with Crippen LogP contribution >= 0.6 is 11.6 Å². The molecule has 118 valence electrons. The molecular weight excluding hydrogens is 310 g/mol. The average molecular weight is 332 g/mol. The fourth-order valence-corrected chi connectivity index (χ4v) is 4.41. The summed E-state index contributed by atoms with van der Waals surface area (Å²) in [5.41, 5.74) is 6.77. The van der Waals surface area contributed by atoms with Gasteiger partial charge >= 0.3 is 0 Å². The molecule has 21 heavy (non-hydrogen) atoms. The van der Waals surface area contributed by atoms with Crippen molar-refractivity contribution in [3.05, 3.63) is 22.7 Å². The molecule has 0 radical (unpaired) electrons. The summed E-state index contributed by atoms with van der Waals surface area (Å²) in [6.07, 6.45) is 6.51. The maximum Gasteiger partial charge on any atom is 0.179 e. The Balaban J connectivity index is 2.62. The molecule has 1 aliphatic rings. The van der Waals surface area contributed by atoms with Crippen molar-refractivity contribution in [2.75, 3.05) is 19.9 Å². The van der Waals surface area contributed by atoms with E-state index in [0.29, 0.717) is 11.6 Å². The zero-order valence-electron chi connectivity index (χ0n) is 12.5. The van der Waals surface area contributed by atoms with Crippen molar-refractivity contribution in [2.24, 2.45) is 5.73 Å². The molecule has 0 heterocycles. The lowest BCUT2D eigenvalue weighted by Gasteiger charge is -2.37. The van der Waals surface area contributed by atoms with E-state index in [0.717, 1.165) is 31.2 Å². The van der Waals surface area contributed by atoms with Crippen molar-refractivity contribution in [3.63, 3.8) is 0 Å². The van der Waals surface area contributed by atoms with Crippen molar-refractivity contribution in [1.29, 1.82) is 0 Å². The molecule has 1 aromatic carbocycles. The highest BCUT2D eigenvalue weighted by molar-refractivity contribution is 7.90. The molecule has 0 aromatic heterocycles. The number of benzene rings is 1. The molecule has 0 unspecified atom stereocenters. The van der Waals surface area contributed by atoms with Crippen molar-refractivity contribution in [3.8, 4) is 5.75 Å². The number of methoxy groups -OCH3 is 1. The van der Waals surface area contributed by atoms with Crippen LogP contribution in [0.25, 0.3) is 0 Å². The van der Waals surface area contributed by atoms with Gasteiger partial charge in [-0.1, -0.05) is 30.9 Å². The van der Waals surface area contributed by atoms with Crippen LogP contribution in [0.2, 0.25) is 5.02 Å². The van der Waals surface area contributed by atoms with Gasteiger partial charge in [0.15, 0.2) is 15.6 Å². The van der Waals surface area contributed by atoms with Gasteiger partial charge in [0.05, 0.1) is 12.1 Å². The highest BCUT2D eigenvalue weighted by atomic mass is 35.5. The van der Waals surface area contributed by atoms with Crippen LogP contribution in [-0.4, -0.2) is 28.3 Å². The minimum Gasteiger partial charge on any atom is -0.494 e. The van der Waals surface area contributed by atoms with Crippen LogP contribution < -0.4 is 10.5 Å². The van der Waals surface area contributed by atoms with E-state index in [1.165, 1.54) is 19.8 Å². The number of rotatable bonds is 4. The molecule has 0 bridgehead atoms. The fourth-order valence-electron chi connectivity index (χ4n) is 3.19. The largest absolute Gasteiger partial charge is 0.494 e. The molecule has 0 amide bonds. The topological polar surface area (TPSA) is 69.4 Å². The van der Waals surface area contributed by atoms with Gasteiger partial charge in [0.2, 0.25) is 0 Å². The molecule has 1 fully saturated rings. The van der Waals surface area contributed by atoms with Gasteiger partial charge in [0.25, 0.3) is 0 Å². The molecule has 0 atom stereocenters. The summed E-state index contributed by atoms with van der Waals surface area (Å²) in [6.45, 7) is 0.499. The molecule has 0 spiro atoms. The van der Waals surface area contributed by atoms with E-state index < -0.39 is 9.84 Å². The van der Waals surface area contributed by atoms with Gasteiger partial charge in [-0.3, -0.25) is 0 Å². The molecule has 0 aliphatic heterocycles. The Bertz CT molecular complexity index is 622. The number of nitrogens with two attached hydrogens (primary N) is 1. The first-order valence-corrected chi connectivity index (χ1v) is 9.39. The van der Waals surface area contributed by atoms with Gasteiger partial charge < -0.3 is 10.5 Å². The first-order chi connectivity index (χ1) is 9.84. The van der Waals surface area contributed by atoms with Gasteiger partial charge in [0, 0.05) is 18.2 Å². The van der Waals surface area contributed by atoms with E-state index in [2.05, 4.69) is 0 Å². The average Bonchev–Trinajstić information content (AvgIpc) is 2.46. The minimum absolute atomic E-state index is 0.144. The Morgan fingerprint density at radius 2 is 1.90 bits per heavy atom. The van der Waals surface area contributed by atoms with E-state index in [1.807, 2.05) is 6.07 Å². The summed E-state index contributed by atoms with van der Waals surface area (Å²) < 4.78 is 29.2. The van der Waals surface area contributed by atoms with Gasteiger partial charge in [-0.25, -0.2) is 8.42 Å². The van der Waals surface area contributed by atoms with Crippen molar-refractivity contribution in [1.82, 2.24) is 0 Å². The maximum absolute atomic E-state index is 12.0. The third-order valence-electron chi connectivity index (χ3n) is 4.43. The number of hydrogen-bond donors (Lipinski definition) is 1. The zero-order chi connectivity index (χ0) is 15.7. The Kier molecular flexibility index (Phi) is 4.85. The van der Waals surface area contributed by atoms with Gasteiger partial charge in [-0.15, -0.1) is 0 Å². The predicted octanol–water partition coefficient (Wildman–Crippen LogP) is 2.91. The van der Waals surface area contributed by atoms with Crippen LogP contribution in [0.3, 0.4) is 0 Å². The third kappa shape index (κ3) is 3.20. The van der Waals surface area contributed by atoms with Crippen molar-refractivity contribution < 1.29 is 13.2 Å². The normalized spacial score (nSPS) is 18.5. The lowest BCUT2D eigenvalue weighted by Crippen LogP contribution is -2.37. The van der Waals surface area contributed by atoms with Gasteiger partial charge in [0.1, 0.15) is 4.90 Å². The lowest BCUT2D eigenvalue weighted by atomic mass is 9.69. The van der Waals surface area contributed by atoms with E-state index in [9.17, 15) is 8.42 Å². The summed E-state index contributed by atoms with van der Waals surface area (Å²) in [5, 5.41) is 0.328. The molecular formula is C15H22ClNO3S. The van der Waals surface area contributed by atoms with Crippen molar-refractivity contribution >= 4 is 21.4 Å². The summed E-state index contributed by atoms with van der Waals surface area (Å²) in [6, 6.07) is 3.51.